The Morgan fingerprint density at radius 2 is 2.17 bits per heavy atom. The minimum atomic E-state index is -1.11. The summed E-state index contributed by atoms with van der Waals surface area (Å²) in [7, 11) is 0. The van der Waals surface area contributed by atoms with Crippen molar-refractivity contribution in [3.8, 4) is 0 Å². The summed E-state index contributed by atoms with van der Waals surface area (Å²) < 4.78 is 5.03. The summed E-state index contributed by atoms with van der Waals surface area (Å²) in [6.07, 6.45) is 2.58. The van der Waals surface area contributed by atoms with Gasteiger partial charge in [-0.2, -0.15) is 0 Å². The van der Waals surface area contributed by atoms with Crippen LogP contribution in [0, 0.1) is 5.92 Å². The second-order valence-electron chi connectivity index (χ2n) is 4.45. The smallest absolute Gasteiger partial charge is 0.371 e. The number of furan rings is 1. The number of carboxylic acids is 1. The average molecular weight is 253 g/mol. The van der Waals surface area contributed by atoms with Gasteiger partial charge in [-0.25, -0.2) is 4.79 Å². The maximum absolute atomic E-state index is 11.6. The topological polar surface area (TPSA) is 79.5 Å². The van der Waals surface area contributed by atoms with Gasteiger partial charge >= 0.3 is 5.97 Å². The summed E-state index contributed by atoms with van der Waals surface area (Å²) in [6.45, 7) is 4.36. The molecular formula is C13H19NO4. The lowest BCUT2D eigenvalue weighted by atomic mass is 10.0. The van der Waals surface area contributed by atoms with Crippen molar-refractivity contribution in [1.82, 2.24) is 5.32 Å². The van der Waals surface area contributed by atoms with Gasteiger partial charge in [0.15, 0.2) is 0 Å². The molecule has 0 aliphatic heterocycles. The number of aromatic carboxylic acids is 1. The van der Waals surface area contributed by atoms with E-state index in [0.29, 0.717) is 18.1 Å². The lowest BCUT2D eigenvalue weighted by molar-refractivity contribution is -0.122. The molecule has 0 aliphatic rings. The summed E-state index contributed by atoms with van der Waals surface area (Å²) in [5.41, 5.74) is 0. The van der Waals surface area contributed by atoms with Crippen LogP contribution >= 0.6 is 0 Å². The normalized spacial score (nSPS) is 12.1. The molecule has 100 valence electrons. The molecule has 18 heavy (non-hydrogen) atoms. The fourth-order valence-corrected chi connectivity index (χ4v) is 1.76. The Labute approximate surface area is 106 Å². The monoisotopic (exact) mass is 253 g/mol. The fraction of sp³-hybridized carbons (Fsp3) is 0.538. The molecule has 2 N–H and O–H groups in total. The van der Waals surface area contributed by atoms with Gasteiger partial charge in [0.1, 0.15) is 5.76 Å². The van der Waals surface area contributed by atoms with Crippen molar-refractivity contribution in [1.29, 1.82) is 0 Å². The van der Waals surface area contributed by atoms with E-state index in [0.717, 1.165) is 12.8 Å². The number of rotatable bonds is 7. The summed E-state index contributed by atoms with van der Waals surface area (Å²) in [6, 6.07) is 2.93. The van der Waals surface area contributed by atoms with Gasteiger partial charge in [0.05, 0.1) is 6.54 Å². The predicted molar refractivity (Wildman–Crippen MR) is 66.2 cm³/mol. The highest BCUT2D eigenvalue weighted by atomic mass is 16.4. The van der Waals surface area contributed by atoms with Crippen molar-refractivity contribution in [2.45, 2.75) is 39.7 Å². The van der Waals surface area contributed by atoms with Crippen molar-refractivity contribution in [2.75, 3.05) is 0 Å². The average Bonchev–Trinajstić information content (AvgIpc) is 2.75. The Kier molecular flexibility index (Phi) is 5.42. The third kappa shape index (κ3) is 4.61. The Hall–Kier alpha value is -1.78. The van der Waals surface area contributed by atoms with E-state index in [1.165, 1.54) is 6.07 Å². The van der Waals surface area contributed by atoms with Crippen LogP contribution in [0.2, 0.25) is 0 Å². The summed E-state index contributed by atoms with van der Waals surface area (Å²) in [4.78, 5) is 22.2. The molecule has 1 unspecified atom stereocenters. The van der Waals surface area contributed by atoms with E-state index in [1.807, 2.05) is 6.92 Å². The van der Waals surface area contributed by atoms with Crippen molar-refractivity contribution < 1.29 is 19.1 Å². The van der Waals surface area contributed by atoms with E-state index in [9.17, 15) is 9.59 Å². The van der Waals surface area contributed by atoms with Gasteiger partial charge in [-0.3, -0.25) is 4.79 Å². The van der Waals surface area contributed by atoms with Crippen LogP contribution in [0.4, 0.5) is 0 Å². The molecule has 1 atom stereocenters. The van der Waals surface area contributed by atoms with Gasteiger partial charge in [-0.05, 0) is 18.1 Å². The zero-order chi connectivity index (χ0) is 13.5. The SMILES string of the molecule is CCCC(C)CC(=O)NCc1ccc(C(=O)O)o1. The van der Waals surface area contributed by atoms with Crippen LogP contribution in [-0.4, -0.2) is 17.0 Å². The molecule has 0 bridgehead atoms. The molecule has 0 aromatic carbocycles. The summed E-state index contributed by atoms with van der Waals surface area (Å²) in [5, 5.41) is 11.4. The highest BCUT2D eigenvalue weighted by molar-refractivity contribution is 5.84. The van der Waals surface area contributed by atoms with E-state index in [-0.39, 0.29) is 18.2 Å². The van der Waals surface area contributed by atoms with E-state index in [2.05, 4.69) is 12.2 Å². The van der Waals surface area contributed by atoms with Crippen LogP contribution in [0.1, 0.15) is 49.4 Å². The number of hydrogen-bond donors (Lipinski definition) is 2. The van der Waals surface area contributed by atoms with Gasteiger partial charge in [-0.1, -0.05) is 26.7 Å². The van der Waals surface area contributed by atoms with E-state index >= 15 is 0 Å². The standard InChI is InChI=1S/C13H19NO4/c1-3-4-9(2)7-12(15)14-8-10-5-6-11(18-10)13(16)17/h5-6,9H,3-4,7-8H2,1-2H3,(H,14,15)(H,16,17). The van der Waals surface area contributed by atoms with Crippen LogP contribution in [-0.2, 0) is 11.3 Å². The summed E-state index contributed by atoms with van der Waals surface area (Å²) >= 11 is 0. The molecule has 0 saturated heterocycles. The molecular weight excluding hydrogens is 234 g/mol. The highest BCUT2D eigenvalue weighted by Gasteiger charge is 2.11. The number of carbonyl (C=O) groups excluding carboxylic acids is 1. The first-order valence-corrected chi connectivity index (χ1v) is 6.11. The van der Waals surface area contributed by atoms with Gasteiger partial charge in [0.2, 0.25) is 11.7 Å². The number of carbonyl (C=O) groups is 2. The van der Waals surface area contributed by atoms with Gasteiger partial charge < -0.3 is 14.8 Å². The van der Waals surface area contributed by atoms with Crippen LogP contribution in [0.15, 0.2) is 16.5 Å². The molecule has 1 heterocycles. The molecule has 1 aromatic rings. The number of nitrogens with one attached hydrogen (secondary N) is 1. The van der Waals surface area contributed by atoms with Crippen LogP contribution in [0.5, 0.6) is 0 Å². The lowest BCUT2D eigenvalue weighted by Crippen LogP contribution is -2.24. The second kappa shape index (κ2) is 6.83. The Morgan fingerprint density at radius 1 is 1.44 bits per heavy atom. The third-order valence-corrected chi connectivity index (χ3v) is 2.65. The summed E-state index contributed by atoms with van der Waals surface area (Å²) in [5.74, 6) is -0.447. The van der Waals surface area contributed by atoms with Crippen molar-refractivity contribution >= 4 is 11.9 Å². The molecule has 1 rings (SSSR count). The van der Waals surface area contributed by atoms with Gasteiger partial charge in [-0.15, -0.1) is 0 Å². The molecule has 1 amide bonds. The number of hydrogen-bond acceptors (Lipinski definition) is 3. The minimum absolute atomic E-state index is 0.0378. The minimum Gasteiger partial charge on any atom is -0.475 e. The lowest BCUT2D eigenvalue weighted by Gasteiger charge is -2.09. The molecule has 5 heteroatoms. The van der Waals surface area contributed by atoms with Crippen LogP contribution < -0.4 is 5.32 Å². The van der Waals surface area contributed by atoms with E-state index < -0.39 is 5.97 Å². The number of carboxylic acid groups (broad SMARTS) is 1. The zero-order valence-electron chi connectivity index (χ0n) is 10.7. The Morgan fingerprint density at radius 3 is 2.72 bits per heavy atom. The third-order valence-electron chi connectivity index (χ3n) is 2.65. The van der Waals surface area contributed by atoms with Crippen LogP contribution in [0.3, 0.4) is 0 Å². The van der Waals surface area contributed by atoms with Crippen molar-refractivity contribution in [2.24, 2.45) is 5.92 Å². The predicted octanol–water partition coefficient (Wildman–Crippen LogP) is 2.42. The van der Waals surface area contributed by atoms with Crippen LogP contribution in [0.25, 0.3) is 0 Å². The highest BCUT2D eigenvalue weighted by Crippen LogP contribution is 2.10. The number of amides is 1. The molecule has 0 aliphatic carbocycles. The Bertz CT molecular complexity index is 411. The molecule has 0 fully saturated rings. The maximum atomic E-state index is 11.6. The van der Waals surface area contributed by atoms with Gasteiger partial charge in [0, 0.05) is 6.42 Å². The second-order valence-corrected chi connectivity index (χ2v) is 4.45. The van der Waals surface area contributed by atoms with Crippen molar-refractivity contribution in [3.63, 3.8) is 0 Å². The van der Waals surface area contributed by atoms with E-state index in [4.69, 9.17) is 9.52 Å². The largest absolute Gasteiger partial charge is 0.475 e. The van der Waals surface area contributed by atoms with E-state index in [1.54, 1.807) is 6.07 Å². The van der Waals surface area contributed by atoms with Gasteiger partial charge in [0.25, 0.3) is 0 Å². The quantitative estimate of drug-likeness (QED) is 0.782. The molecule has 0 spiro atoms. The molecule has 5 nitrogen and oxygen atoms in total. The molecule has 1 aromatic heterocycles. The first-order chi connectivity index (χ1) is 8.52. The first kappa shape index (κ1) is 14.3. The Balaban J connectivity index is 2.35. The zero-order valence-corrected chi connectivity index (χ0v) is 10.7. The fourth-order valence-electron chi connectivity index (χ4n) is 1.76. The van der Waals surface area contributed by atoms with Crippen molar-refractivity contribution in [3.05, 3.63) is 23.7 Å². The first-order valence-electron chi connectivity index (χ1n) is 6.11. The maximum Gasteiger partial charge on any atom is 0.371 e. The molecule has 0 saturated carbocycles. The molecule has 0 radical (unpaired) electrons.